The summed E-state index contributed by atoms with van der Waals surface area (Å²) in [6, 6.07) is 0.450. The van der Waals surface area contributed by atoms with Gasteiger partial charge in [0.05, 0.1) is 67.7 Å². The molecule has 3 N–H and O–H groups in total. The lowest BCUT2D eigenvalue weighted by molar-refractivity contribution is -0.275. The summed E-state index contributed by atoms with van der Waals surface area (Å²) in [4.78, 5) is 98.1. The number of carboxylic acids is 1. The van der Waals surface area contributed by atoms with E-state index in [0.717, 1.165) is 65.5 Å². The molecule has 0 spiro atoms. The average molecular weight is 1390 g/mol. The lowest BCUT2D eigenvalue weighted by Gasteiger charge is -2.35. The second kappa shape index (κ2) is 27.4. The highest BCUT2D eigenvalue weighted by atomic mass is 19.4. The highest BCUT2D eigenvalue weighted by molar-refractivity contribution is 5.92. The zero-order valence-corrected chi connectivity index (χ0v) is 53.9. The molecule has 2 aromatic carbocycles. The summed E-state index contributed by atoms with van der Waals surface area (Å²) in [6.45, 7) is 11.6. The summed E-state index contributed by atoms with van der Waals surface area (Å²) in [5, 5.41) is 15.3. The molecule has 6 heterocycles. The number of ether oxygens (including phenoxy) is 9. The van der Waals surface area contributed by atoms with E-state index in [9.17, 15) is 60.2 Å². The van der Waals surface area contributed by atoms with Crippen molar-refractivity contribution < 1.29 is 120 Å². The van der Waals surface area contributed by atoms with Crippen molar-refractivity contribution in [2.45, 2.75) is 191 Å². The summed E-state index contributed by atoms with van der Waals surface area (Å²) >= 11 is 0. The maximum absolute atomic E-state index is 16.0. The number of carbonyl (C=O) groups excluding carboxylic acids is 5. The van der Waals surface area contributed by atoms with Crippen LogP contribution in [0.4, 0.5) is 53.5 Å². The Kier molecular flexibility index (Phi) is 20.5. The van der Waals surface area contributed by atoms with Crippen LogP contribution in [0.15, 0.2) is 60.7 Å². The molecule has 10 rings (SSSR count). The molecule has 6 aliphatic rings. The zero-order chi connectivity index (χ0) is 71.2. The number of aromatic nitrogens is 4. The van der Waals surface area contributed by atoms with Gasteiger partial charge in [0, 0.05) is 25.0 Å². The van der Waals surface area contributed by atoms with Crippen LogP contribution >= 0.6 is 0 Å². The molecule has 4 bridgehead atoms. The molecular formula is C63H72F10N8O16. The monoisotopic (exact) mass is 1390 g/mol. The van der Waals surface area contributed by atoms with Crippen molar-refractivity contribution in [2.24, 2.45) is 10.8 Å². The quantitative estimate of drug-likeness (QED) is 0.0741. The number of esters is 1. The summed E-state index contributed by atoms with van der Waals surface area (Å²) in [7, 11) is 1.12. The van der Waals surface area contributed by atoms with E-state index in [1.54, 1.807) is 41.5 Å². The van der Waals surface area contributed by atoms with Crippen LogP contribution in [0.2, 0.25) is 0 Å². The molecule has 4 amide bonds. The third-order valence-corrected chi connectivity index (χ3v) is 16.8. The van der Waals surface area contributed by atoms with Gasteiger partial charge in [0.25, 0.3) is 0 Å². The lowest BCUT2D eigenvalue weighted by atomic mass is 9.85. The number of nitrogens with zero attached hydrogens (tertiary/aromatic N) is 6. The Hall–Kier alpha value is -8.56. The summed E-state index contributed by atoms with van der Waals surface area (Å²) < 4.78 is 189. The van der Waals surface area contributed by atoms with E-state index in [2.05, 4.69) is 40.0 Å². The van der Waals surface area contributed by atoms with E-state index in [1.165, 1.54) is 13.8 Å². The minimum atomic E-state index is -5.06. The largest absolute Gasteiger partial charge is 0.573 e. The highest BCUT2D eigenvalue weighted by Crippen LogP contribution is 2.44. The first-order valence-electron chi connectivity index (χ1n) is 30.8. The number of alkyl carbamates (subject to hydrolysis) is 2. The first-order valence-corrected chi connectivity index (χ1v) is 30.8. The Morgan fingerprint density at radius 2 is 0.959 bits per heavy atom. The summed E-state index contributed by atoms with van der Waals surface area (Å²) in [6.07, 6.45) is -9.17. The zero-order valence-electron chi connectivity index (χ0n) is 53.9. The van der Waals surface area contributed by atoms with E-state index in [4.69, 9.17) is 33.2 Å². The molecular weight excluding hydrogens is 1310 g/mol. The SMILES string of the molecule is CC(C)(C)[C@@H]1NC(=O)O[C@@H]2CCC[C@H]2OC/C=C/C(F)(F)c2nc3cc(OC(F)(F)F)ccc3nc2O[C@]2(C)C[C@@H](C(=O)O)N(C2)C1=O.COC(=O)[C@@H]1C[C@]2(C)CN1C(=O)[C@H](C(C)(C)C)NC(=O)O[C@@H]1CCC[C@H]1OC/C=C/C(F)(F)c1nc3cc(OC(F)(F)F)ccc3nc1O2. The number of nitrogens with one attached hydrogen (secondary N) is 2. The Labute approximate surface area is 548 Å². The Morgan fingerprint density at radius 1 is 0.577 bits per heavy atom. The van der Waals surface area contributed by atoms with Gasteiger partial charge in [-0.2, -0.15) is 17.6 Å². The van der Waals surface area contributed by atoms with E-state index in [1.807, 2.05) is 0 Å². The first kappa shape index (κ1) is 72.7. The predicted molar refractivity (Wildman–Crippen MR) is 317 cm³/mol. The van der Waals surface area contributed by atoms with E-state index < -0.39 is 172 Å². The minimum absolute atomic E-state index is 0.0969. The van der Waals surface area contributed by atoms with Crippen molar-refractivity contribution in [1.82, 2.24) is 40.4 Å². The third-order valence-electron chi connectivity index (χ3n) is 16.8. The molecule has 2 saturated heterocycles. The Bertz CT molecular complexity index is 3720. The van der Waals surface area contributed by atoms with Gasteiger partial charge in [0.1, 0.15) is 59.1 Å². The van der Waals surface area contributed by atoms with Gasteiger partial charge in [-0.05, 0) is 99.6 Å². The average Bonchev–Trinajstić information content (AvgIpc) is 1.74. The van der Waals surface area contributed by atoms with Gasteiger partial charge in [0.2, 0.25) is 23.6 Å². The molecule has 2 saturated carbocycles. The Balaban J connectivity index is 0.000000227. The molecule has 2 aliphatic carbocycles. The number of hydrogen-bond acceptors (Lipinski definition) is 19. The fraction of sp³-hybridized carbons (Fsp3) is 0.587. The summed E-state index contributed by atoms with van der Waals surface area (Å²) in [5.41, 5.74) is -8.02. The maximum atomic E-state index is 16.0. The van der Waals surface area contributed by atoms with Crippen molar-refractivity contribution in [2.75, 3.05) is 33.4 Å². The molecule has 4 aromatic rings. The molecule has 10 atom stereocenters. The molecule has 24 nitrogen and oxygen atoms in total. The number of fused-ring (bicyclic) bond motifs is 10. The first-order chi connectivity index (χ1) is 45.0. The number of carboxylic acid groups (broad SMARTS) is 1. The van der Waals surface area contributed by atoms with Gasteiger partial charge in [-0.15, -0.1) is 26.3 Å². The van der Waals surface area contributed by atoms with Gasteiger partial charge in [0.15, 0.2) is 11.4 Å². The number of hydrogen-bond donors (Lipinski definition) is 3. The molecule has 4 fully saturated rings. The van der Waals surface area contributed by atoms with Crippen molar-refractivity contribution in [3.8, 4) is 23.3 Å². The normalized spacial score (nSPS) is 28.9. The number of alkyl halides is 10. The number of rotatable bonds is 4. The minimum Gasteiger partial charge on any atom is -0.480 e. The van der Waals surface area contributed by atoms with Crippen LogP contribution in [0.3, 0.4) is 0 Å². The number of allylic oxidation sites excluding steroid dienone is 2. The number of benzene rings is 2. The molecule has 0 unspecified atom stereocenters. The Morgan fingerprint density at radius 3 is 1.33 bits per heavy atom. The van der Waals surface area contributed by atoms with Crippen molar-refractivity contribution in [3.05, 3.63) is 72.1 Å². The van der Waals surface area contributed by atoms with E-state index >= 15 is 17.6 Å². The predicted octanol–water partition coefficient (Wildman–Crippen LogP) is 10.3. The number of carbonyl (C=O) groups is 6. The van der Waals surface area contributed by atoms with E-state index in [-0.39, 0.29) is 54.7 Å². The second-order valence-corrected chi connectivity index (χ2v) is 26.9. The van der Waals surface area contributed by atoms with E-state index in [0.29, 0.717) is 50.7 Å². The number of methoxy groups -OCH3 is 1. The smallest absolute Gasteiger partial charge is 0.480 e. The second-order valence-electron chi connectivity index (χ2n) is 26.9. The van der Waals surface area contributed by atoms with Crippen LogP contribution < -0.4 is 29.6 Å². The molecule has 97 heavy (non-hydrogen) atoms. The number of amides is 4. The highest BCUT2D eigenvalue weighted by Gasteiger charge is 2.55. The number of halogens is 10. The molecule has 0 radical (unpaired) electrons. The third kappa shape index (κ3) is 17.4. The molecule has 2 aromatic heterocycles. The molecule has 4 aliphatic heterocycles. The van der Waals surface area contributed by atoms with Gasteiger partial charge < -0.3 is 68.2 Å². The topological polar surface area (TPSA) is 288 Å². The van der Waals surface area contributed by atoms with Crippen LogP contribution in [-0.2, 0) is 54.7 Å². The fourth-order valence-electron chi connectivity index (χ4n) is 12.3. The standard InChI is InChI=1S/C32H37F5N4O8.C31H35F5N4O8/c1-29(2,3)24-26(42)41-16-30(4,15-20(41)27(43)45-5)49-25-23(38-19-14-17(48-32(35,36)37)10-11-18(19)39-25)31(33,34)12-7-13-46-21-8-6-9-22(21)47-28(44)40-24;1-28(2,3)23-25(41)40-15-29(4,14-19(40)26(42)43)48-24-22(37-18-13-16(47-31(34,35)36)9-10-17(18)38-24)30(32,33)11-6-12-45-20-7-5-8-21(20)46-27(44)39-23/h7,10-12,14,20-22,24H,6,8-9,13,15-16H2,1-5H3,(H,40,44);6,9-11,13,19-21,23H,5,7-8,12,14-15H2,1-4H3,(H,39,44)(H,42,43)/b12-7+;11-6+/t20-,21+,22+,24+,30+;19-,20+,21+,23+,29+/m00/s1. The van der Waals surface area contributed by atoms with Gasteiger partial charge >= 0.3 is 48.7 Å². The van der Waals surface area contributed by atoms with Crippen LogP contribution in [0, 0.1) is 10.8 Å². The van der Waals surface area contributed by atoms with Crippen LogP contribution in [0.25, 0.3) is 22.1 Å². The van der Waals surface area contributed by atoms with Crippen molar-refractivity contribution >= 4 is 58.0 Å². The maximum Gasteiger partial charge on any atom is 0.573 e. The van der Waals surface area contributed by atoms with Crippen LogP contribution in [-0.4, -0.2) is 177 Å². The number of aliphatic carboxylic acids is 1. The van der Waals surface area contributed by atoms with Crippen molar-refractivity contribution in [3.63, 3.8) is 0 Å². The summed E-state index contributed by atoms with van der Waals surface area (Å²) in [5.74, 6) is -14.3. The van der Waals surface area contributed by atoms with Crippen molar-refractivity contribution in [1.29, 1.82) is 0 Å². The van der Waals surface area contributed by atoms with Crippen LogP contribution in [0.1, 0.15) is 118 Å². The van der Waals surface area contributed by atoms with Gasteiger partial charge in [-0.1, -0.05) is 53.7 Å². The molecule has 34 heteroatoms. The van der Waals surface area contributed by atoms with Gasteiger partial charge in [-0.25, -0.2) is 39.1 Å². The fourth-order valence-corrected chi connectivity index (χ4v) is 12.3. The van der Waals surface area contributed by atoms with Gasteiger partial charge in [-0.3, -0.25) is 9.59 Å². The molecule has 530 valence electrons. The van der Waals surface area contributed by atoms with Crippen LogP contribution in [0.5, 0.6) is 23.3 Å². The lowest BCUT2D eigenvalue weighted by Crippen LogP contribution is -2.57.